The van der Waals surface area contributed by atoms with Crippen LogP contribution in [0.2, 0.25) is 0 Å². The summed E-state index contributed by atoms with van der Waals surface area (Å²) in [6.07, 6.45) is 2.95. The summed E-state index contributed by atoms with van der Waals surface area (Å²) in [5, 5.41) is 10.2. The first kappa shape index (κ1) is 11.6. The molecule has 2 aromatic rings. The lowest BCUT2D eigenvalue weighted by Gasteiger charge is -2.12. The van der Waals surface area contributed by atoms with Gasteiger partial charge in [0.1, 0.15) is 11.9 Å². The van der Waals surface area contributed by atoms with Crippen molar-refractivity contribution in [3.8, 4) is 0 Å². The van der Waals surface area contributed by atoms with Crippen molar-refractivity contribution in [3.05, 3.63) is 51.6 Å². The van der Waals surface area contributed by atoms with Gasteiger partial charge in [0.15, 0.2) is 0 Å². The molecule has 16 heavy (non-hydrogen) atoms. The van der Waals surface area contributed by atoms with E-state index in [2.05, 4.69) is 27.6 Å². The molecular weight excluding hydrogens is 315 g/mol. The highest BCUT2D eigenvalue weighted by molar-refractivity contribution is 14.1. The SMILES string of the molecule is CCn1ccnc1C(O)c1cccc(I)c1. The molecule has 0 aliphatic heterocycles. The van der Waals surface area contributed by atoms with Crippen molar-refractivity contribution in [1.82, 2.24) is 9.55 Å². The summed E-state index contributed by atoms with van der Waals surface area (Å²) in [7, 11) is 0. The van der Waals surface area contributed by atoms with E-state index in [9.17, 15) is 5.11 Å². The Kier molecular flexibility index (Phi) is 3.60. The summed E-state index contributed by atoms with van der Waals surface area (Å²) in [6.45, 7) is 2.85. The van der Waals surface area contributed by atoms with Crippen LogP contribution in [0.15, 0.2) is 36.7 Å². The molecule has 0 aliphatic rings. The van der Waals surface area contributed by atoms with Gasteiger partial charge in [-0.25, -0.2) is 4.98 Å². The number of nitrogens with zero attached hydrogens (tertiary/aromatic N) is 2. The standard InChI is InChI=1S/C12H13IN2O/c1-2-15-7-6-14-12(15)11(16)9-4-3-5-10(13)8-9/h3-8,11,16H,2H2,1H3. The number of aromatic nitrogens is 2. The second-order valence-corrected chi connectivity index (χ2v) is 4.77. The number of halogens is 1. The van der Waals surface area contributed by atoms with Crippen molar-refractivity contribution in [1.29, 1.82) is 0 Å². The topological polar surface area (TPSA) is 38.0 Å². The summed E-state index contributed by atoms with van der Waals surface area (Å²) in [6, 6.07) is 7.84. The highest BCUT2D eigenvalue weighted by Gasteiger charge is 2.15. The maximum atomic E-state index is 10.2. The van der Waals surface area contributed by atoms with E-state index in [1.54, 1.807) is 6.20 Å². The quantitative estimate of drug-likeness (QED) is 0.880. The lowest BCUT2D eigenvalue weighted by molar-refractivity contribution is 0.205. The molecule has 4 heteroatoms. The molecular formula is C12H13IN2O. The van der Waals surface area contributed by atoms with Crippen molar-refractivity contribution in [2.24, 2.45) is 0 Å². The Morgan fingerprint density at radius 1 is 1.50 bits per heavy atom. The lowest BCUT2D eigenvalue weighted by Crippen LogP contribution is -2.08. The number of aliphatic hydroxyl groups excluding tert-OH is 1. The van der Waals surface area contributed by atoms with E-state index in [-0.39, 0.29) is 0 Å². The number of benzene rings is 1. The van der Waals surface area contributed by atoms with E-state index in [0.717, 1.165) is 15.7 Å². The first-order valence-corrected chi connectivity index (χ1v) is 6.24. The van der Waals surface area contributed by atoms with E-state index >= 15 is 0 Å². The zero-order chi connectivity index (χ0) is 11.5. The smallest absolute Gasteiger partial charge is 0.142 e. The molecule has 1 heterocycles. The third kappa shape index (κ3) is 2.27. The lowest BCUT2D eigenvalue weighted by atomic mass is 10.1. The Balaban J connectivity index is 2.35. The molecule has 0 saturated carbocycles. The number of aliphatic hydroxyl groups is 1. The molecule has 0 spiro atoms. The summed E-state index contributed by atoms with van der Waals surface area (Å²) in [4.78, 5) is 4.20. The van der Waals surface area contributed by atoms with Crippen LogP contribution in [-0.2, 0) is 6.54 Å². The zero-order valence-electron chi connectivity index (χ0n) is 8.97. The minimum Gasteiger partial charge on any atom is -0.380 e. The molecule has 1 aromatic heterocycles. The molecule has 0 saturated heterocycles. The number of hydrogen-bond donors (Lipinski definition) is 1. The Hall–Kier alpha value is -0.880. The van der Waals surface area contributed by atoms with Gasteiger partial charge < -0.3 is 9.67 Å². The van der Waals surface area contributed by atoms with Gasteiger partial charge in [0.05, 0.1) is 0 Å². The van der Waals surface area contributed by atoms with Gasteiger partial charge in [-0.3, -0.25) is 0 Å². The Bertz CT molecular complexity index is 481. The highest BCUT2D eigenvalue weighted by Crippen LogP contribution is 2.21. The molecule has 0 fully saturated rings. The summed E-state index contributed by atoms with van der Waals surface area (Å²) < 4.78 is 3.06. The minimum atomic E-state index is -0.648. The van der Waals surface area contributed by atoms with E-state index < -0.39 is 6.10 Å². The van der Waals surface area contributed by atoms with Crippen molar-refractivity contribution in [2.75, 3.05) is 0 Å². The van der Waals surface area contributed by atoms with Crippen LogP contribution >= 0.6 is 22.6 Å². The van der Waals surface area contributed by atoms with Crippen LogP contribution < -0.4 is 0 Å². The van der Waals surface area contributed by atoms with Crippen LogP contribution in [0.25, 0.3) is 0 Å². The average Bonchev–Trinajstić information content (AvgIpc) is 2.76. The van der Waals surface area contributed by atoms with Crippen LogP contribution in [0.3, 0.4) is 0 Å². The Labute approximate surface area is 108 Å². The maximum Gasteiger partial charge on any atom is 0.142 e. The molecule has 0 aliphatic carbocycles. The predicted octanol–water partition coefficient (Wildman–Crippen LogP) is 2.59. The predicted molar refractivity (Wildman–Crippen MR) is 71.1 cm³/mol. The second-order valence-electron chi connectivity index (χ2n) is 3.53. The molecule has 84 valence electrons. The fourth-order valence-corrected chi connectivity index (χ4v) is 2.23. The fourth-order valence-electron chi connectivity index (χ4n) is 1.66. The van der Waals surface area contributed by atoms with Gasteiger partial charge in [-0.2, -0.15) is 0 Å². The molecule has 1 atom stereocenters. The van der Waals surface area contributed by atoms with Crippen LogP contribution in [0.5, 0.6) is 0 Å². The van der Waals surface area contributed by atoms with E-state index in [0.29, 0.717) is 5.82 Å². The number of imidazole rings is 1. The number of aryl methyl sites for hydroxylation is 1. The second kappa shape index (κ2) is 4.97. The summed E-state index contributed by atoms with van der Waals surface area (Å²) in [5.74, 6) is 0.699. The van der Waals surface area contributed by atoms with E-state index in [4.69, 9.17) is 0 Å². The van der Waals surface area contributed by atoms with Gasteiger partial charge in [0, 0.05) is 22.5 Å². The van der Waals surface area contributed by atoms with Gasteiger partial charge in [0.2, 0.25) is 0 Å². The molecule has 1 N–H and O–H groups in total. The van der Waals surface area contributed by atoms with Crippen molar-refractivity contribution >= 4 is 22.6 Å². The molecule has 0 radical (unpaired) electrons. The van der Waals surface area contributed by atoms with Gasteiger partial charge in [-0.15, -0.1) is 0 Å². The van der Waals surface area contributed by atoms with Crippen LogP contribution in [0.4, 0.5) is 0 Å². The molecule has 0 amide bonds. The van der Waals surface area contributed by atoms with E-state index in [1.165, 1.54) is 0 Å². The maximum absolute atomic E-state index is 10.2. The van der Waals surface area contributed by atoms with Gasteiger partial charge in [-0.1, -0.05) is 12.1 Å². The van der Waals surface area contributed by atoms with Crippen LogP contribution in [0, 0.1) is 3.57 Å². The molecule has 0 bridgehead atoms. The highest BCUT2D eigenvalue weighted by atomic mass is 127. The fraction of sp³-hybridized carbons (Fsp3) is 0.250. The van der Waals surface area contributed by atoms with Crippen LogP contribution in [0.1, 0.15) is 24.4 Å². The monoisotopic (exact) mass is 328 g/mol. The van der Waals surface area contributed by atoms with Gasteiger partial charge in [-0.05, 0) is 47.2 Å². The van der Waals surface area contributed by atoms with Crippen molar-refractivity contribution in [2.45, 2.75) is 19.6 Å². The number of hydrogen-bond acceptors (Lipinski definition) is 2. The van der Waals surface area contributed by atoms with Gasteiger partial charge >= 0.3 is 0 Å². The molecule has 2 rings (SSSR count). The van der Waals surface area contributed by atoms with Crippen molar-refractivity contribution in [3.63, 3.8) is 0 Å². The largest absolute Gasteiger partial charge is 0.380 e. The van der Waals surface area contributed by atoms with Crippen LogP contribution in [-0.4, -0.2) is 14.7 Å². The Morgan fingerprint density at radius 3 is 3.00 bits per heavy atom. The van der Waals surface area contributed by atoms with Gasteiger partial charge in [0.25, 0.3) is 0 Å². The molecule has 3 nitrogen and oxygen atoms in total. The molecule has 1 unspecified atom stereocenters. The third-order valence-electron chi connectivity index (χ3n) is 2.50. The average molecular weight is 328 g/mol. The summed E-state index contributed by atoms with van der Waals surface area (Å²) in [5.41, 5.74) is 0.882. The normalized spacial score (nSPS) is 12.7. The first-order valence-electron chi connectivity index (χ1n) is 5.17. The van der Waals surface area contributed by atoms with Crippen molar-refractivity contribution < 1.29 is 5.11 Å². The third-order valence-corrected chi connectivity index (χ3v) is 3.17. The summed E-state index contributed by atoms with van der Waals surface area (Å²) >= 11 is 2.24. The first-order chi connectivity index (χ1) is 7.72. The Morgan fingerprint density at radius 2 is 2.31 bits per heavy atom. The molecule has 1 aromatic carbocycles. The van der Waals surface area contributed by atoms with E-state index in [1.807, 2.05) is 42.0 Å². The number of rotatable bonds is 3. The zero-order valence-corrected chi connectivity index (χ0v) is 11.1. The minimum absolute atomic E-state index is 0.648.